The largest absolute Gasteiger partial charge is 0.489 e. The maximum absolute atomic E-state index is 13.3. The van der Waals surface area contributed by atoms with E-state index >= 15 is 0 Å². The van der Waals surface area contributed by atoms with Crippen molar-refractivity contribution in [3.05, 3.63) is 78.9 Å². The van der Waals surface area contributed by atoms with E-state index < -0.39 is 19.7 Å². The predicted molar refractivity (Wildman–Crippen MR) is 111 cm³/mol. The molecule has 0 N–H and O–H groups in total. The second-order valence-corrected chi connectivity index (χ2v) is 10.4. The molecule has 0 fully saturated rings. The first-order chi connectivity index (χ1) is 13.8. The molecule has 1 atom stereocenters. The summed E-state index contributed by atoms with van der Waals surface area (Å²) in [7, 11) is -7.85. The average Bonchev–Trinajstić information content (AvgIpc) is 2.75. The molecule has 0 radical (unpaired) electrons. The highest BCUT2D eigenvalue weighted by molar-refractivity contribution is 7.92. The Morgan fingerprint density at radius 3 is 1.76 bits per heavy atom. The first-order valence-electron chi connectivity index (χ1n) is 9.18. The SMILES string of the molecule is CCC(C)Oc1ccc(S(=O)(=O)c2ccccc2)cc1S(=O)(=O)c1ccccc1. The summed E-state index contributed by atoms with van der Waals surface area (Å²) in [6.07, 6.45) is 0.450. The van der Waals surface area contributed by atoms with Crippen LogP contribution in [-0.4, -0.2) is 22.9 Å². The van der Waals surface area contributed by atoms with Crippen LogP contribution in [0, 0.1) is 0 Å². The van der Waals surface area contributed by atoms with Gasteiger partial charge in [0.1, 0.15) is 10.6 Å². The van der Waals surface area contributed by atoms with Gasteiger partial charge in [-0.05, 0) is 55.8 Å². The molecule has 3 aromatic carbocycles. The fourth-order valence-corrected chi connectivity index (χ4v) is 5.54. The molecule has 0 saturated carbocycles. The van der Waals surface area contributed by atoms with E-state index in [-0.39, 0.29) is 31.4 Å². The quantitative estimate of drug-likeness (QED) is 0.550. The summed E-state index contributed by atoms with van der Waals surface area (Å²) in [6.45, 7) is 3.75. The van der Waals surface area contributed by atoms with Crippen LogP contribution in [0.3, 0.4) is 0 Å². The molecule has 0 aliphatic rings. The lowest BCUT2D eigenvalue weighted by Gasteiger charge is -2.17. The van der Waals surface area contributed by atoms with E-state index in [1.807, 2.05) is 13.8 Å². The number of rotatable bonds is 7. The standard InChI is InChI=1S/C22H22O5S2/c1-3-17(2)27-21-15-14-20(28(23,24)18-10-6-4-7-11-18)16-22(21)29(25,26)19-12-8-5-9-13-19/h4-17H,3H2,1-2H3. The van der Waals surface area contributed by atoms with E-state index in [0.717, 1.165) is 0 Å². The summed E-state index contributed by atoms with van der Waals surface area (Å²) in [5.74, 6) is 0.134. The summed E-state index contributed by atoms with van der Waals surface area (Å²) < 4.78 is 58.3. The van der Waals surface area contributed by atoms with E-state index in [2.05, 4.69) is 0 Å². The molecule has 152 valence electrons. The van der Waals surface area contributed by atoms with Gasteiger partial charge < -0.3 is 4.74 Å². The Hall–Kier alpha value is -2.64. The molecule has 7 heteroatoms. The zero-order valence-electron chi connectivity index (χ0n) is 16.1. The van der Waals surface area contributed by atoms with E-state index in [1.54, 1.807) is 36.4 Å². The molecule has 3 rings (SSSR count). The highest BCUT2D eigenvalue weighted by atomic mass is 32.2. The maximum atomic E-state index is 13.3. The second-order valence-electron chi connectivity index (χ2n) is 6.58. The maximum Gasteiger partial charge on any atom is 0.210 e. The molecule has 0 saturated heterocycles. The van der Waals surface area contributed by atoms with Crippen molar-refractivity contribution in [2.24, 2.45) is 0 Å². The number of sulfone groups is 2. The van der Waals surface area contributed by atoms with Gasteiger partial charge in [-0.3, -0.25) is 0 Å². The summed E-state index contributed by atoms with van der Waals surface area (Å²) >= 11 is 0. The number of ether oxygens (including phenoxy) is 1. The summed E-state index contributed by atoms with van der Waals surface area (Å²) in [6, 6.07) is 19.8. The fraction of sp³-hybridized carbons (Fsp3) is 0.182. The minimum atomic E-state index is -3.98. The Labute approximate surface area is 171 Å². The molecule has 1 unspecified atom stereocenters. The van der Waals surface area contributed by atoms with Crippen LogP contribution < -0.4 is 4.74 Å². The molecule has 0 aliphatic heterocycles. The zero-order chi connectivity index (χ0) is 21.1. The van der Waals surface area contributed by atoms with Crippen molar-refractivity contribution in [1.82, 2.24) is 0 Å². The lowest BCUT2D eigenvalue weighted by molar-refractivity contribution is 0.211. The third kappa shape index (κ3) is 4.36. The van der Waals surface area contributed by atoms with Gasteiger partial charge in [0.25, 0.3) is 0 Å². The molecular weight excluding hydrogens is 408 g/mol. The molecule has 29 heavy (non-hydrogen) atoms. The summed E-state index contributed by atoms with van der Waals surface area (Å²) in [5.41, 5.74) is 0. The Bertz CT molecular complexity index is 1190. The summed E-state index contributed by atoms with van der Waals surface area (Å²) in [5, 5.41) is 0. The Morgan fingerprint density at radius 1 is 0.724 bits per heavy atom. The van der Waals surface area contributed by atoms with E-state index in [1.165, 1.54) is 42.5 Å². The van der Waals surface area contributed by atoms with Crippen molar-refractivity contribution in [3.63, 3.8) is 0 Å². The molecule has 0 bridgehead atoms. The van der Waals surface area contributed by atoms with E-state index in [9.17, 15) is 16.8 Å². The van der Waals surface area contributed by atoms with Gasteiger partial charge in [-0.15, -0.1) is 0 Å². The van der Waals surface area contributed by atoms with Crippen molar-refractivity contribution in [2.75, 3.05) is 0 Å². The van der Waals surface area contributed by atoms with Gasteiger partial charge in [-0.25, -0.2) is 16.8 Å². The molecule has 0 heterocycles. The van der Waals surface area contributed by atoms with Gasteiger partial charge in [-0.2, -0.15) is 0 Å². The second kappa shape index (κ2) is 8.39. The van der Waals surface area contributed by atoms with Crippen LogP contribution in [0.1, 0.15) is 20.3 Å². The Morgan fingerprint density at radius 2 is 1.24 bits per heavy atom. The third-order valence-electron chi connectivity index (χ3n) is 4.53. The van der Waals surface area contributed by atoms with Crippen molar-refractivity contribution in [1.29, 1.82) is 0 Å². The van der Waals surface area contributed by atoms with Crippen LogP contribution in [0.2, 0.25) is 0 Å². The molecule has 3 aromatic rings. The van der Waals surface area contributed by atoms with Crippen LogP contribution >= 0.6 is 0 Å². The highest BCUT2D eigenvalue weighted by Gasteiger charge is 2.27. The molecule has 0 amide bonds. The number of hydrogen-bond donors (Lipinski definition) is 0. The first-order valence-corrected chi connectivity index (χ1v) is 12.1. The van der Waals surface area contributed by atoms with E-state index in [0.29, 0.717) is 6.42 Å². The van der Waals surface area contributed by atoms with Crippen molar-refractivity contribution < 1.29 is 21.6 Å². The van der Waals surface area contributed by atoms with Gasteiger partial charge in [0.15, 0.2) is 0 Å². The van der Waals surface area contributed by atoms with Gasteiger partial charge in [0, 0.05) is 0 Å². The van der Waals surface area contributed by atoms with Gasteiger partial charge in [0.2, 0.25) is 19.7 Å². The molecule has 0 aromatic heterocycles. The van der Waals surface area contributed by atoms with Gasteiger partial charge in [0.05, 0.1) is 20.8 Å². The monoisotopic (exact) mass is 430 g/mol. The first kappa shape index (κ1) is 21.1. The minimum Gasteiger partial charge on any atom is -0.489 e. The smallest absolute Gasteiger partial charge is 0.210 e. The number of hydrogen-bond acceptors (Lipinski definition) is 5. The van der Waals surface area contributed by atoms with Crippen LogP contribution in [0.5, 0.6) is 5.75 Å². The molecule has 0 aliphatic carbocycles. The third-order valence-corrected chi connectivity index (χ3v) is 8.08. The topological polar surface area (TPSA) is 77.5 Å². The summed E-state index contributed by atoms with van der Waals surface area (Å²) in [4.78, 5) is -0.0994. The lowest BCUT2D eigenvalue weighted by atomic mass is 10.3. The van der Waals surface area contributed by atoms with Gasteiger partial charge in [-0.1, -0.05) is 43.3 Å². The van der Waals surface area contributed by atoms with Gasteiger partial charge >= 0.3 is 0 Å². The normalized spacial score (nSPS) is 13.0. The Kier molecular flexibility index (Phi) is 6.10. The fourth-order valence-electron chi connectivity index (χ4n) is 2.73. The lowest BCUT2D eigenvalue weighted by Crippen LogP contribution is -2.14. The van der Waals surface area contributed by atoms with E-state index in [4.69, 9.17) is 4.74 Å². The van der Waals surface area contributed by atoms with Crippen molar-refractivity contribution >= 4 is 19.7 Å². The average molecular weight is 431 g/mol. The minimum absolute atomic E-state index is 0.0725. The predicted octanol–water partition coefficient (Wildman–Crippen LogP) is 4.53. The Balaban J connectivity index is 2.20. The van der Waals surface area contributed by atoms with Crippen LogP contribution in [-0.2, 0) is 19.7 Å². The zero-order valence-corrected chi connectivity index (χ0v) is 17.8. The van der Waals surface area contributed by atoms with Crippen LogP contribution in [0.4, 0.5) is 0 Å². The van der Waals surface area contributed by atoms with Crippen molar-refractivity contribution in [2.45, 2.75) is 46.0 Å². The van der Waals surface area contributed by atoms with Crippen LogP contribution in [0.25, 0.3) is 0 Å². The molecule has 0 spiro atoms. The molecular formula is C22H22O5S2. The van der Waals surface area contributed by atoms with Crippen molar-refractivity contribution in [3.8, 4) is 5.75 Å². The highest BCUT2D eigenvalue weighted by Crippen LogP contribution is 2.34. The number of benzene rings is 3. The molecule has 5 nitrogen and oxygen atoms in total. The van der Waals surface area contributed by atoms with Crippen LogP contribution in [0.15, 0.2) is 98.4 Å².